The molecule has 0 saturated carbocycles. The molecule has 1 N–H and O–H groups in total. The molecule has 1 aromatic carbocycles. The fourth-order valence-electron chi connectivity index (χ4n) is 3.00. The maximum atomic E-state index is 5.35. The van der Waals surface area contributed by atoms with Gasteiger partial charge in [0.2, 0.25) is 5.95 Å². The standard InChI is InChI=1S/C20H24N4O/c1-13(2)11-14(3)22-20-23-18(15-7-5-8-16(12-15)25-4)17-9-6-10-21-19(17)24-20/h5-10,12-14H,11H2,1-4H3,(H,21,22,23,24). The SMILES string of the molecule is COc1cccc(-c2nc(NC(C)CC(C)C)nc3ncccc23)c1. The molecule has 0 aliphatic heterocycles. The molecule has 5 nitrogen and oxygen atoms in total. The van der Waals surface area contributed by atoms with E-state index in [9.17, 15) is 0 Å². The second-order valence-corrected chi connectivity index (χ2v) is 6.68. The predicted molar refractivity (Wildman–Crippen MR) is 102 cm³/mol. The molecule has 1 atom stereocenters. The van der Waals surface area contributed by atoms with E-state index in [1.54, 1.807) is 13.3 Å². The van der Waals surface area contributed by atoms with Crippen molar-refractivity contribution >= 4 is 17.0 Å². The molecule has 0 aliphatic rings. The Morgan fingerprint density at radius 2 is 1.92 bits per heavy atom. The zero-order chi connectivity index (χ0) is 17.8. The van der Waals surface area contributed by atoms with Gasteiger partial charge < -0.3 is 10.1 Å². The van der Waals surface area contributed by atoms with E-state index in [2.05, 4.69) is 36.1 Å². The van der Waals surface area contributed by atoms with Crippen LogP contribution in [0.3, 0.4) is 0 Å². The number of hydrogen-bond acceptors (Lipinski definition) is 5. The summed E-state index contributed by atoms with van der Waals surface area (Å²) in [6.45, 7) is 6.57. The lowest BCUT2D eigenvalue weighted by atomic mass is 10.1. The van der Waals surface area contributed by atoms with E-state index in [0.29, 0.717) is 23.6 Å². The van der Waals surface area contributed by atoms with Crippen LogP contribution in [0.4, 0.5) is 5.95 Å². The topological polar surface area (TPSA) is 59.9 Å². The van der Waals surface area contributed by atoms with Gasteiger partial charge in [0.15, 0.2) is 5.65 Å². The van der Waals surface area contributed by atoms with Crippen molar-refractivity contribution in [3.05, 3.63) is 42.6 Å². The highest BCUT2D eigenvalue weighted by atomic mass is 16.5. The molecule has 0 saturated heterocycles. The van der Waals surface area contributed by atoms with Gasteiger partial charge in [-0.1, -0.05) is 26.0 Å². The van der Waals surface area contributed by atoms with Crippen LogP contribution in [0.1, 0.15) is 27.2 Å². The van der Waals surface area contributed by atoms with E-state index >= 15 is 0 Å². The smallest absolute Gasteiger partial charge is 0.225 e. The van der Waals surface area contributed by atoms with Crippen molar-refractivity contribution in [2.75, 3.05) is 12.4 Å². The number of hydrogen-bond donors (Lipinski definition) is 1. The molecule has 2 heterocycles. The average molecular weight is 336 g/mol. The first-order valence-electron chi connectivity index (χ1n) is 8.60. The summed E-state index contributed by atoms with van der Waals surface area (Å²) >= 11 is 0. The van der Waals surface area contributed by atoms with Gasteiger partial charge in [0.1, 0.15) is 5.75 Å². The molecule has 0 spiro atoms. The van der Waals surface area contributed by atoms with Crippen LogP contribution < -0.4 is 10.1 Å². The number of fused-ring (bicyclic) bond motifs is 1. The third-order valence-electron chi connectivity index (χ3n) is 4.01. The average Bonchev–Trinajstić information content (AvgIpc) is 2.60. The van der Waals surface area contributed by atoms with Crippen LogP contribution in [0.25, 0.3) is 22.3 Å². The molecule has 130 valence electrons. The Morgan fingerprint density at radius 1 is 1.08 bits per heavy atom. The fraction of sp³-hybridized carbons (Fsp3) is 0.350. The Balaban J connectivity index is 2.06. The number of rotatable bonds is 6. The van der Waals surface area contributed by atoms with Crippen LogP contribution >= 0.6 is 0 Å². The second kappa shape index (κ2) is 7.47. The molecule has 1 unspecified atom stereocenters. The molecule has 0 fully saturated rings. The van der Waals surface area contributed by atoms with E-state index < -0.39 is 0 Å². The maximum absolute atomic E-state index is 5.35. The minimum absolute atomic E-state index is 0.291. The number of anilines is 1. The third-order valence-corrected chi connectivity index (χ3v) is 4.01. The zero-order valence-corrected chi connectivity index (χ0v) is 15.2. The fourth-order valence-corrected chi connectivity index (χ4v) is 3.00. The Bertz CT molecular complexity index is 863. The van der Waals surface area contributed by atoms with Crippen molar-refractivity contribution in [2.24, 2.45) is 5.92 Å². The van der Waals surface area contributed by atoms with Gasteiger partial charge in [-0.05, 0) is 43.5 Å². The van der Waals surface area contributed by atoms with Gasteiger partial charge in [-0.3, -0.25) is 0 Å². The zero-order valence-electron chi connectivity index (χ0n) is 15.2. The number of methoxy groups -OCH3 is 1. The quantitative estimate of drug-likeness (QED) is 0.716. The van der Waals surface area contributed by atoms with Gasteiger partial charge in [0, 0.05) is 23.2 Å². The van der Waals surface area contributed by atoms with E-state index in [0.717, 1.165) is 28.8 Å². The van der Waals surface area contributed by atoms with Gasteiger partial charge in [0.05, 0.1) is 12.8 Å². The number of pyridine rings is 1. The molecule has 0 radical (unpaired) electrons. The van der Waals surface area contributed by atoms with Gasteiger partial charge >= 0.3 is 0 Å². The highest BCUT2D eigenvalue weighted by Gasteiger charge is 2.13. The summed E-state index contributed by atoms with van der Waals surface area (Å²) in [5.41, 5.74) is 2.53. The summed E-state index contributed by atoms with van der Waals surface area (Å²) in [5, 5.41) is 4.34. The van der Waals surface area contributed by atoms with E-state index in [1.807, 2.05) is 36.4 Å². The minimum Gasteiger partial charge on any atom is -0.497 e. The third kappa shape index (κ3) is 4.05. The number of aromatic nitrogens is 3. The lowest BCUT2D eigenvalue weighted by molar-refractivity contribution is 0.415. The normalized spacial score (nSPS) is 12.4. The first-order chi connectivity index (χ1) is 12.1. The summed E-state index contributed by atoms with van der Waals surface area (Å²) in [5.74, 6) is 2.02. The minimum atomic E-state index is 0.291. The van der Waals surface area contributed by atoms with Crippen LogP contribution in [0.2, 0.25) is 0 Å². The number of nitrogens with zero attached hydrogens (tertiary/aromatic N) is 3. The Labute approximate surface area is 148 Å². The van der Waals surface area contributed by atoms with Crippen molar-refractivity contribution in [1.29, 1.82) is 0 Å². The number of ether oxygens (including phenoxy) is 1. The van der Waals surface area contributed by atoms with E-state index in [-0.39, 0.29) is 0 Å². The summed E-state index contributed by atoms with van der Waals surface area (Å²) < 4.78 is 5.35. The molecule has 3 rings (SSSR count). The molecule has 2 aromatic heterocycles. The van der Waals surface area contributed by atoms with Gasteiger partial charge in [-0.25, -0.2) is 9.97 Å². The molecular weight excluding hydrogens is 312 g/mol. The van der Waals surface area contributed by atoms with Gasteiger partial charge in [-0.2, -0.15) is 4.98 Å². The van der Waals surface area contributed by atoms with Gasteiger partial charge in [-0.15, -0.1) is 0 Å². The lowest BCUT2D eigenvalue weighted by Crippen LogP contribution is -2.19. The molecule has 0 amide bonds. The molecule has 25 heavy (non-hydrogen) atoms. The van der Waals surface area contributed by atoms with Crippen LogP contribution in [0.15, 0.2) is 42.6 Å². The summed E-state index contributed by atoms with van der Waals surface area (Å²) in [4.78, 5) is 13.8. The monoisotopic (exact) mass is 336 g/mol. The first kappa shape index (κ1) is 17.1. The van der Waals surface area contributed by atoms with Crippen LogP contribution in [-0.2, 0) is 0 Å². The summed E-state index contributed by atoms with van der Waals surface area (Å²) in [6.07, 6.45) is 2.81. The maximum Gasteiger partial charge on any atom is 0.225 e. The van der Waals surface area contributed by atoms with E-state index in [1.165, 1.54) is 0 Å². The van der Waals surface area contributed by atoms with Gasteiger partial charge in [0.25, 0.3) is 0 Å². The Morgan fingerprint density at radius 3 is 2.68 bits per heavy atom. The number of benzene rings is 1. The molecule has 0 aliphatic carbocycles. The van der Waals surface area contributed by atoms with Crippen molar-refractivity contribution in [3.8, 4) is 17.0 Å². The Hall–Kier alpha value is -2.69. The second-order valence-electron chi connectivity index (χ2n) is 6.68. The van der Waals surface area contributed by atoms with Crippen LogP contribution in [0, 0.1) is 5.92 Å². The van der Waals surface area contributed by atoms with E-state index in [4.69, 9.17) is 9.72 Å². The summed E-state index contributed by atoms with van der Waals surface area (Å²) in [6, 6.07) is 12.1. The lowest BCUT2D eigenvalue weighted by Gasteiger charge is -2.17. The predicted octanol–water partition coefficient (Wildman–Crippen LogP) is 4.55. The first-order valence-corrected chi connectivity index (χ1v) is 8.60. The van der Waals surface area contributed by atoms with Crippen molar-refractivity contribution in [3.63, 3.8) is 0 Å². The Kier molecular flexibility index (Phi) is 5.12. The molecule has 3 aromatic rings. The van der Waals surface area contributed by atoms with Crippen molar-refractivity contribution < 1.29 is 4.74 Å². The largest absolute Gasteiger partial charge is 0.497 e. The van der Waals surface area contributed by atoms with Crippen molar-refractivity contribution in [2.45, 2.75) is 33.2 Å². The van der Waals surface area contributed by atoms with Crippen molar-refractivity contribution in [1.82, 2.24) is 15.0 Å². The van der Waals surface area contributed by atoms with Crippen LogP contribution in [-0.4, -0.2) is 28.1 Å². The molecular formula is C20H24N4O. The molecule has 5 heteroatoms. The molecule has 0 bridgehead atoms. The highest BCUT2D eigenvalue weighted by molar-refractivity contribution is 5.91. The summed E-state index contributed by atoms with van der Waals surface area (Å²) in [7, 11) is 1.67. The van der Waals surface area contributed by atoms with Crippen LogP contribution in [0.5, 0.6) is 5.75 Å². The number of nitrogens with one attached hydrogen (secondary N) is 1. The highest BCUT2D eigenvalue weighted by Crippen LogP contribution is 2.29.